The lowest BCUT2D eigenvalue weighted by Gasteiger charge is -2.25. The molecule has 2 N–H and O–H groups in total. The molecule has 0 unspecified atom stereocenters. The van der Waals surface area contributed by atoms with Crippen molar-refractivity contribution in [1.82, 2.24) is 5.32 Å². The van der Waals surface area contributed by atoms with E-state index in [4.69, 9.17) is 0 Å². The van der Waals surface area contributed by atoms with E-state index in [1.54, 1.807) is 6.07 Å². The molecule has 17 heavy (non-hydrogen) atoms. The molecule has 0 radical (unpaired) electrons. The van der Waals surface area contributed by atoms with Gasteiger partial charge in [-0.25, -0.2) is 0 Å². The van der Waals surface area contributed by atoms with Crippen molar-refractivity contribution < 1.29 is 9.90 Å². The van der Waals surface area contributed by atoms with Gasteiger partial charge in [0.2, 0.25) is 0 Å². The van der Waals surface area contributed by atoms with E-state index in [-0.39, 0.29) is 5.91 Å². The second-order valence-corrected chi connectivity index (χ2v) is 5.37. The SMILES string of the molecule is CCC(O)(CC)CNC(=O)c1cccc(I)c1. The molecule has 1 amide bonds. The largest absolute Gasteiger partial charge is 0.388 e. The van der Waals surface area contributed by atoms with Crippen LogP contribution in [-0.4, -0.2) is 23.2 Å². The van der Waals surface area contributed by atoms with Crippen molar-refractivity contribution in [2.24, 2.45) is 0 Å². The molecule has 0 saturated heterocycles. The maximum Gasteiger partial charge on any atom is 0.251 e. The third-order valence-corrected chi connectivity index (χ3v) is 3.65. The van der Waals surface area contributed by atoms with E-state index in [0.29, 0.717) is 24.9 Å². The Kier molecular flexibility index (Phi) is 5.39. The molecule has 1 aromatic carbocycles. The second kappa shape index (κ2) is 6.35. The molecule has 94 valence electrons. The summed E-state index contributed by atoms with van der Waals surface area (Å²) >= 11 is 2.17. The van der Waals surface area contributed by atoms with Crippen molar-refractivity contribution >= 4 is 28.5 Å². The molecule has 0 aliphatic rings. The molecule has 4 heteroatoms. The molecule has 0 heterocycles. The molecule has 3 nitrogen and oxygen atoms in total. The third-order valence-electron chi connectivity index (χ3n) is 2.98. The van der Waals surface area contributed by atoms with Crippen LogP contribution in [0.4, 0.5) is 0 Å². The number of halogens is 1. The smallest absolute Gasteiger partial charge is 0.251 e. The molecular formula is C13H18INO2. The molecule has 0 aliphatic heterocycles. The second-order valence-electron chi connectivity index (χ2n) is 4.12. The molecule has 0 atom stereocenters. The zero-order chi connectivity index (χ0) is 12.9. The van der Waals surface area contributed by atoms with Gasteiger partial charge in [0.05, 0.1) is 5.60 Å². The van der Waals surface area contributed by atoms with Crippen LogP contribution in [0.3, 0.4) is 0 Å². The van der Waals surface area contributed by atoms with Crippen LogP contribution < -0.4 is 5.32 Å². The average Bonchev–Trinajstić information content (AvgIpc) is 2.35. The molecule has 0 fully saturated rings. The van der Waals surface area contributed by atoms with Crippen LogP contribution in [0.5, 0.6) is 0 Å². The highest BCUT2D eigenvalue weighted by molar-refractivity contribution is 14.1. The van der Waals surface area contributed by atoms with Crippen LogP contribution in [-0.2, 0) is 0 Å². The van der Waals surface area contributed by atoms with E-state index in [2.05, 4.69) is 27.9 Å². The molecule has 0 bridgehead atoms. The van der Waals surface area contributed by atoms with Crippen molar-refractivity contribution in [3.63, 3.8) is 0 Å². The van der Waals surface area contributed by atoms with Gasteiger partial charge < -0.3 is 10.4 Å². The van der Waals surface area contributed by atoms with E-state index in [9.17, 15) is 9.90 Å². The standard InChI is InChI=1S/C13H18INO2/c1-3-13(17,4-2)9-15-12(16)10-6-5-7-11(14)8-10/h5-8,17H,3-4,9H2,1-2H3,(H,15,16). The number of hydrogen-bond acceptors (Lipinski definition) is 2. The van der Waals surface area contributed by atoms with Crippen LogP contribution >= 0.6 is 22.6 Å². The number of rotatable bonds is 5. The molecular weight excluding hydrogens is 329 g/mol. The first kappa shape index (κ1) is 14.4. The van der Waals surface area contributed by atoms with Gasteiger partial charge in [-0.2, -0.15) is 0 Å². The number of nitrogens with one attached hydrogen (secondary N) is 1. The summed E-state index contributed by atoms with van der Waals surface area (Å²) in [6.07, 6.45) is 1.27. The number of carbonyl (C=O) groups excluding carboxylic acids is 1. The van der Waals surface area contributed by atoms with E-state index < -0.39 is 5.60 Å². The number of carbonyl (C=O) groups is 1. The lowest BCUT2D eigenvalue weighted by molar-refractivity contribution is 0.0314. The Hall–Kier alpha value is -0.620. The fourth-order valence-electron chi connectivity index (χ4n) is 1.48. The normalized spacial score (nSPS) is 11.3. The van der Waals surface area contributed by atoms with Crippen LogP contribution in [0.15, 0.2) is 24.3 Å². The average molecular weight is 347 g/mol. The quantitative estimate of drug-likeness (QED) is 0.805. The lowest BCUT2D eigenvalue weighted by Crippen LogP contribution is -2.42. The van der Waals surface area contributed by atoms with Gasteiger partial charge >= 0.3 is 0 Å². The highest BCUT2D eigenvalue weighted by atomic mass is 127. The van der Waals surface area contributed by atoms with Gasteiger partial charge in [0.15, 0.2) is 0 Å². The molecule has 0 spiro atoms. The number of aliphatic hydroxyl groups is 1. The summed E-state index contributed by atoms with van der Waals surface area (Å²) in [5.74, 6) is -0.135. The number of benzene rings is 1. The Morgan fingerprint density at radius 1 is 1.41 bits per heavy atom. The monoisotopic (exact) mass is 347 g/mol. The van der Waals surface area contributed by atoms with E-state index in [1.807, 2.05) is 32.0 Å². The van der Waals surface area contributed by atoms with Crippen molar-refractivity contribution in [2.45, 2.75) is 32.3 Å². The zero-order valence-corrected chi connectivity index (χ0v) is 12.3. The van der Waals surface area contributed by atoms with Crippen molar-refractivity contribution in [3.05, 3.63) is 33.4 Å². The van der Waals surface area contributed by atoms with Gasteiger partial charge in [0.25, 0.3) is 5.91 Å². The summed E-state index contributed by atoms with van der Waals surface area (Å²) in [5, 5.41) is 12.8. The zero-order valence-electron chi connectivity index (χ0n) is 10.2. The molecule has 0 aromatic heterocycles. The van der Waals surface area contributed by atoms with Gasteiger partial charge in [-0.3, -0.25) is 4.79 Å². The molecule has 1 aromatic rings. The van der Waals surface area contributed by atoms with Crippen molar-refractivity contribution in [1.29, 1.82) is 0 Å². The topological polar surface area (TPSA) is 49.3 Å². The summed E-state index contributed by atoms with van der Waals surface area (Å²) in [6, 6.07) is 7.38. The van der Waals surface area contributed by atoms with Gasteiger partial charge in [-0.05, 0) is 53.6 Å². The summed E-state index contributed by atoms with van der Waals surface area (Å²) < 4.78 is 1.02. The Labute approximate surface area is 116 Å². The maximum atomic E-state index is 11.8. The van der Waals surface area contributed by atoms with Crippen LogP contribution in [0.2, 0.25) is 0 Å². The predicted octanol–water partition coefficient (Wildman–Crippen LogP) is 2.57. The van der Waals surface area contributed by atoms with Crippen LogP contribution in [0, 0.1) is 3.57 Å². The fourth-order valence-corrected chi connectivity index (χ4v) is 2.02. The minimum atomic E-state index is -0.794. The Balaban J connectivity index is 2.62. The summed E-state index contributed by atoms with van der Waals surface area (Å²) in [6.45, 7) is 4.13. The summed E-state index contributed by atoms with van der Waals surface area (Å²) in [4.78, 5) is 11.8. The first-order chi connectivity index (χ1) is 8.00. The highest BCUT2D eigenvalue weighted by Gasteiger charge is 2.22. The van der Waals surface area contributed by atoms with E-state index in [1.165, 1.54) is 0 Å². The Morgan fingerprint density at radius 2 is 2.06 bits per heavy atom. The third kappa shape index (κ3) is 4.27. The fraction of sp³-hybridized carbons (Fsp3) is 0.462. The van der Waals surface area contributed by atoms with Gasteiger partial charge in [0.1, 0.15) is 0 Å². The van der Waals surface area contributed by atoms with Crippen molar-refractivity contribution in [2.75, 3.05) is 6.54 Å². The lowest BCUT2D eigenvalue weighted by atomic mass is 9.97. The predicted molar refractivity (Wildman–Crippen MR) is 77.0 cm³/mol. The highest BCUT2D eigenvalue weighted by Crippen LogP contribution is 2.13. The van der Waals surface area contributed by atoms with Crippen molar-refractivity contribution in [3.8, 4) is 0 Å². The summed E-state index contributed by atoms with van der Waals surface area (Å²) in [7, 11) is 0. The van der Waals surface area contributed by atoms with E-state index >= 15 is 0 Å². The molecule has 0 aliphatic carbocycles. The minimum absolute atomic E-state index is 0.135. The van der Waals surface area contributed by atoms with Crippen LogP contribution in [0.1, 0.15) is 37.0 Å². The Bertz CT molecular complexity index is 389. The maximum absolute atomic E-state index is 11.8. The minimum Gasteiger partial charge on any atom is -0.388 e. The number of hydrogen-bond donors (Lipinski definition) is 2. The molecule has 1 rings (SSSR count). The molecule has 0 saturated carbocycles. The van der Waals surface area contributed by atoms with E-state index in [0.717, 1.165) is 3.57 Å². The first-order valence-corrected chi connectivity index (χ1v) is 6.85. The number of amides is 1. The first-order valence-electron chi connectivity index (χ1n) is 5.77. The van der Waals surface area contributed by atoms with Gasteiger partial charge in [-0.15, -0.1) is 0 Å². The van der Waals surface area contributed by atoms with Crippen LogP contribution in [0.25, 0.3) is 0 Å². The van der Waals surface area contributed by atoms with Gasteiger partial charge in [-0.1, -0.05) is 19.9 Å². The van der Waals surface area contributed by atoms with Gasteiger partial charge in [0, 0.05) is 15.7 Å². The summed E-state index contributed by atoms with van der Waals surface area (Å²) in [5.41, 5.74) is -0.163. The Morgan fingerprint density at radius 3 is 2.59 bits per heavy atom.